The summed E-state index contributed by atoms with van der Waals surface area (Å²) in [6, 6.07) is 0. The fourth-order valence-electron chi connectivity index (χ4n) is 2.44. The first-order chi connectivity index (χ1) is 15.4. The van der Waals surface area contributed by atoms with Crippen LogP contribution in [0, 0.1) is 6.92 Å². The summed E-state index contributed by atoms with van der Waals surface area (Å²) in [4.78, 5) is 29.6. The van der Waals surface area contributed by atoms with Crippen molar-refractivity contribution in [1.29, 1.82) is 0 Å². The van der Waals surface area contributed by atoms with Crippen molar-refractivity contribution in [3.8, 4) is 0 Å². The summed E-state index contributed by atoms with van der Waals surface area (Å²) in [5.74, 6) is -0.270. The molecule has 7 heteroatoms. The van der Waals surface area contributed by atoms with E-state index >= 15 is 0 Å². The Morgan fingerprint density at radius 2 is 1.84 bits per heavy atom. The normalized spacial score (nSPS) is 13.2. The van der Waals surface area contributed by atoms with Crippen LogP contribution < -0.4 is 5.73 Å². The van der Waals surface area contributed by atoms with Crippen molar-refractivity contribution in [3.63, 3.8) is 0 Å². The van der Waals surface area contributed by atoms with Gasteiger partial charge in [0.2, 0.25) is 0 Å². The number of rotatable bonds is 8. The van der Waals surface area contributed by atoms with E-state index in [0.717, 1.165) is 30.0 Å². The number of hydrogen-bond donors (Lipinski definition) is 1. The molecule has 1 aliphatic heterocycles. The molecule has 0 radical (unpaired) electrons. The van der Waals surface area contributed by atoms with Crippen LogP contribution in [0.4, 0.5) is 0 Å². The summed E-state index contributed by atoms with van der Waals surface area (Å²) in [5.41, 5.74) is 6.44. The minimum Gasteiger partial charge on any atom is -0.463 e. The van der Waals surface area contributed by atoms with Crippen molar-refractivity contribution in [3.05, 3.63) is 52.5 Å². The number of ether oxygens (including phenoxy) is 1. The molecule has 182 valence electrons. The zero-order chi connectivity index (χ0) is 24.8. The highest BCUT2D eigenvalue weighted by molar-refractivity contribution is 7.13. The van der Waals surface area contributed by atoms with Gasteiger partial charge < -0.3 is 15.4 Å². The first-order valence-electron chi connectivity index (χ1n) is 11.3. The highest BCUT2D eigenvalue weighted by atomic mass is 32.1. The molecule has 0 unspecified atom stereocenters. The van der Waals surface area contributed by atoms with Crippen LogP contribution in [0.3, 0.4) is 0 Å². The van der Waals surface area contributed by atoms with Gasteiger partial charge in [-0.25, -0.2) is 9.78 Å². The van der Waals surface area contributed by atoms with Crippen molar-refractivity contribution < 1.29 is 14.3 Å². The van der Waals surface area contributed by atoms with Gasteiger partial charge in [-0.1, -0.05) is 32.1 Å². The fourth-order valence-corrected chi connectivity index (χ4v) is 3.30. The van der Waals surface area contributed by atoms with Crippen LogP contribution in [-0.4, -0.2) is 55.4 Å². The maximum absolute atomic E-state index is 11.6. The van der Waals surface area contributed by atoms with Crippen LogP contribution >= 0.6 is 11.3 Å². The van der Waals surface area contributed by atoms with Crippen molar-refractivity contribution in [2.45, 2.75) is 59.8 Å². The predicted molar refractivity (Wildman–Crippen MR) is 137 cm³/mol. The molecule has 2 N–H and O–H groups in total. The van der Waals surface area contributed by atoms with Crippen LogP contribution in [0.5, 0.6) is 0 Å². The van der Waals surface area contributed by atoms with Gasteiger partial charge >= 0.3 is 5.97 Å². The molecule has 2 heterocycles. The molecule has 1 fully saturated rings. The third kappa shape index (κ3) is 15.7. The molecular formula is C25H43N3O3S. The van der Waals surface area contributed by atoms with Gasteiger partial charge in [-0.2, -0.15) is 0 Å². The molecule has 32 heavy (non-hydrogen) atoms. The number of nitrogens with two attached hydrogens (primary N) is 1. The van der Waals surface area contributed by atoms with Crippen molar-refractivity contribution >= 4 is 23.6 Å². The number of aldehydes is 1. The number of likely N-dealkylation sites (tertiary alicyclic amines) is 1. The lowest BCUT2D eigenvalue weighted by Crippen LogP contribution is -2.10. The molecule has 1 aliphatic rings. The van der Waals surface area contributed by atoms with E-state index in [-0.39, 0.29) is 5.97 Å². The molecule has 0 amide bonds. The molecule has 1 saturated heterocycles. The van der Waals surface area contributed by atoms with Gasteiger partial charge in [0.05, 0.1) is 22.2 Å². The third-order valence-electron chi connectivity index (χ3n) is 4.25. The van der Waals surface area contributed by atoms with Gasteiger partial charge in [0.25, 0.3) is 0 Å². The standard InChI is InChI=1S/C15H19NO3S.C5H11N.C3H9N.C2H4/c1-4-12(15(18)19-5-2)8-6-7-9-14-16-11(3)13(10-17)20-14;1-6-4-2-3-5-6;1-2-3-4;1-2/h6-8,10H,4-5,9H2,1-3H3;2-5H2,1H3;2-4H2,1H3;1-2H2/b7-6-,12-8+;;;. The van der Waals surface area contributed by atoms with Crippen LogP contribution in [0.2, 0.25) is 0 Å². The maximum atomic E-state index is 11.6. The second kappa shape index (κ2) is 22.1. The van der Waals surface area contributed by atoms with Crippen molar-refractivity contribution in [1.82, 2.24) is 9.88 Å². The lowest BCUT2D eigenvalue weighted by atomic mass is 10.2. The highest BCUT2D eigenvalue weighted by Crippen LogP contribution is 2.16. The molecule has 0 aromatic carbocycles. The van der Waals surface area contributed by atoms with E-state index < -0.39 is 0 Å². The van der Waals surface area contributed by atoms with E-state index in [1.54, 1.807) is 13.0 Å². The highest BCUT2D eigenvalue weighted by Gasteiger charge is 2.07. The minimum absolute atomic E-state index is 0.270. The molecule has 0 aliphatic carbocycles. The van der Waals surface area contributed by atoms with Crippen molar-refractivity contribution in [2.24, 2.45) is 5.73 Å². The zero-order valence-corrected chi connectivity index (χ0v) is 21.5. The second-order valence-corrected chi connectivity index (χ2v) is 7.99. The van der Waals surface area contributed by atoms with Crippen LogP contribution in [-0.2, 0) is 16.0 Å². The Bertz CT molecular complexity index is 676. The fraction of sp³-hybridized carbons (Fsp3) is 0.560. The number of aryl methyl sites for hydroxylation is 1. The van der Waals surface area contributed by atoms with Gasteiger partial charge in [-0.3, -0.25) is 4.79 Å². The molecule has 0 bridgehead atoms. The largest absolute Gasteiger partial charge is 0.463 e. The van der Waals surface area contributed by atoms with E-state index in [2.05, 4.69) is 37.0 Å². The number of esters is 1. The Morgan fingerprint density at radius 1 is 1.25 bits per heavy atom. The second-order valence-electron chi connectivity index (χ2n) is 6.87. The third-order valence-corrected chi connectivity index (χ3v) is 5.35. The molecular weight excluding hydrogens is 422 g/mol. The Morgan fingerprint density at radius 3 is 2.22 bits per heavy atom. The number of aromatic nitrogens is 1. The molecule has 6 nitrogen and oxygen atoms in total. The summed E-state index contributed by atoms with van der Waals surface area (Å²) in [6.07, 6.45) is 11.5. The van der Waals surface area contributed by atoms with Gasteiger partial charge in [-0.05, 0) is 66.2 Å². The van der Waals surface area contributed by atoms with Crippen molar-refractivity contribution in [2.75, 3.05) is 33.3 Å². The average molecular weight is 466 g/mol. The molecule has 1 aromatic rings. The molecule has 0 spiro atoms. The topological polar surface area (TPSA) is 85.5 Å². The van der Waals surface area contributed by atoms with E-state index in [0.29, 0.717) is 29.9 Å². The first kappa shape index (κ1) is 32.1. The number of thiazole rings is 1. The quantitative estimate of drug-likeness (QED) is 0.188. The molecule has 1 aromatic heterocycles. The van der Waals surface area contributed by atoms with Crippen LogP contribution in [0.15, 0.2) is 37.0 Å². The van der Waals surface area contributed by atoms with E-state index in [9.17, 15) is 9.59 Å². The molecule has 0 atom stereocenters. The number of hydrogen-bond acceptors (Lipinski definition) is 7. The van der Waals surface area contributed by atoms with Gasteiger partial charge in [0.1, 0.15) is 0 Å². The van der Waals surface area contributed by atoms with Gasteiger partial charge in [0.15, 0.2) is 6.29 Å². The van der Waals surface area contributed by atoms with E-state index in [1.807, 2.05) is 26.0 Å². The Hall–Kier alpha value is -2.09. The molecule has 2 rings (SSSR count). The summed E-state index contributed by atoms with van der Waals surface area (Å²) in [5, 5.41) is 0.892. The average Bonchev–Trinajstić information content (AvgIpc) is 3.43. The lowest BCUT2D eigenvalue weighted by molar-refractivity contribution is -0.138. The number of nitrogens with zero attached hydrogens (tertiary/aromatic N) is 2. The number of carbonyl (C=O) groups is 2. The summed E-state index contributed by atoms with van der Waals surface area (Å²) < 4.78 is 4.95. The Balaban J connectivity index is 0. The number of allylic oxidation sites excluding steroid dienone is 3. The minimum atomic E-state index is -0.270. The SMILES string of the molecule is C=C.CCCN.CCOC(=O)/C(=C/C=C\Cc1nc(C)c(C=O)s1)CC.CN1CCCC1. The predicted octanol–water partition coefficient (Wildman–Crippen LogP) is 5.13. The maximum Gasteiger partial charge on any atom is 0.333 e. The number of carbonyl (C=O) groups excluding carboxylic acids is 2. The van der Waals surface area contributed by atoms with Gasteiger partial charge in [-0.15, -0.1) is 24.5 Å². The zero-order valence-electron chi connectivity index (χ0n) is 20.7. The first-order valence-corrected chi connectivity index (χ1v) is 12.1. The van der Waals surface area contributed by atoms with Crippen LogP contribution in [0.1, 0.15) is 66.8 Å². The Kier molecular flexibility index (Phi) is 22.2. The smallest absolute Gasteiger partial charge is 0.333 e. The monoisotopic (exact) mass is 465 g/mol. The Labute approximate surface area is 199 Å². The van der Waals surface area contributed by atoms with Gasteiger partial charge in [0, 0.05) is 12.0 Å². The van der Waals surface area contributed by atoms with E-state index in [4.69, 9.17) is 10.5 Å². The van der Waals surface area contributed by atoms with Crippen LogP contribution in [0.25, 0.3) is 0 Å². The lowest BCUT2D eigenvalue weighted by Gasteiger charge is -2.02. The summed E-state index contributed by atoms with van der Waals surface area (Å²) in [7, 11) is 2.17. The van der Waals surface area contributed by atoms with E-state index in [1.165, 1.54) is 37.3 Å². The summed E-state index contributed by atoms with van der Waals surface area (Å²) >= 11 is 1.40. The molecule has 0 saturated carbocycles. The summed E-state index contributed by atoms with van der Waals surface area (Å²) in [6.45, 7) is 17.4.